The number of carbonyl (C=O) groups is 2. The van der Waals surface area contributed by atoms with Crippen molar-refractivity contribution in [2.24, 2.45) is 13.0 Å². The highest BCUT2D eigenvalue weighted by Gasteiger charge is 2.33. The van der Waals surface area contributed by atoms with E-state index < -0.39 is 23.6 Å². The Morgan fingerprint density at radius 2 is 1.96 bits per heavy atom. The molecule has 1 amide bonds. The molecular formula is C16H15F3N2O3. The predicted molar refractivity (Wildman–Crippen MR) is 79.6 cm³/mol. The minimum atomic E-state index is -4.45. The van der Waals surface area contributed by atoms with Gasteiger partial charge in [-0.05, 0) is 30.7 Å². The molecule has 1 atom stereocenters. The van der Waals surface area contributed by atoms with Crippen molar-refractivity contribution in [3.05, 3.63) is 35.5 Å². The third-order valence-corrected chi connectivity index (χ3v) is 4.41. The van der Waals surface area contributed by atoms with Gasteiger partial charge in [0.2, 0.25) is 0 Å². The zero-order chi connectivity index (χ0) is 17.6. The van der Waals surface area contributed by atoms with Gasteiger partial charge in [0, 0.05) is 31.0 Å². The molecule has 1 saturated heterocycles. The van der Waals surface area contributed by atoms with Gasteiger partial charge in [0.25, 0.3) is 5.91 Å². The normalized spacial score (nSPS) is 18.3. The smallest absolute Gasteiger partial charge is 0.416 e. The van der Waals surface area contributed by atoms with Crippen LogP contribution in [0.2, 0.25) is 0 Å². The Morgan fingerprint density at radius 1 is 1.25 bits per heavy atom. The molecule has 128 valence electrons. The summed E-state index contributed by atoms with van der Waals surface area (Å²) in [4.78, 5) is 25.0. The highest BCUT2D eigenvalue weighted by molar-refractivity contribution is 5.99. The number of hydrogen-bond acceptors (Lipinski definition) is 2. The molecular weight excluding hydrogens is 325 g/mol. The maximum Gasteiger partial charge on any atom is 0.416 e. The quantitative estimate of drug-likeness (QED) is 0.914. The number of hydrogen-bond donors (Lipinski definition) is 1. The number of aryl methyl sites for hydroxylation is 1. The van der Waals surface area contributed by atoms with Crippen molar-refractivity contribution in [2.45, 2.75) is 12.6 Å². The van der Waals surface area contributed by atoms with E-state index in [1.807, 2.05) is 0 Å². The summed E-state index contributed by atoms with van der Waals surface area (Å²) in [5, 5.41) is 9.33. The number of carboxylic acid groups (broad SMARTS) is 1. The van der Waals surface area contributed by atoms with Crippen LogP contribution in [0.25, 0.3) is 10.9 Å². The topological polar surface area (TPSA) is 62.5 Å². The van der Waals surface area contributed by atoms with Crippen LogP contribution in [0.5, 0.6) is 0 Å². The molecule has 0 radical (unpaired) electrons. The molecule has 2 aromatic rings. The maximum absolute atomic E-state index is 12.8. The number of aromatic nitrogens is 1. The first-order valence-electron chi connectivity index (χ1n) is 7.37. The zero-order valence-corrected chi connectivity index (χ0v) is 12.8. The average molecular weight is 340 g/mol. The Hall–Kier alpha value is -2.51. The van der Waals surface area contributed by atoms with Crippen molar-refractivity contribution >= 4 is 22.8 Å². The number of rotatable bonds is 2. The van der Waals surface area contributed by atoms with Crippen molar-refractivity contribution in [1.82, 2.24) is 9.47 Å². The minimum absolute atomic E-state index is 0.115. The molecule has 3 rings (SSSR count). The first-order valence-corrected chi connectivity index (χ1v) is 7.37. The summed E-state index contributed by atoms with van der Waals surface area (Å²) in [7, 11) is 1.60. The fourth-order valence-electron chi connectivity index (χ4n) is 3.04. The molecule has 2 heterocycles. The van der Waals surface area contributed by atoms with E-state index in [1.54, 1.807) is 7.05 Å². The van der Waals surface area contributed by atoms with Crippen molar-refractivity contribution in [3.63, 3.8) is 0 Å². The first kappa shape index (κ1) is 16.4. The standard InChI is InChI=1S/C16H15F3N2O3/c1-20-12-3-2-11(16(17,18)19)6-10(12)7-13(20)14(22)21-5-4-9(8-21)15(23)24/h2-3,6-7,9H,4-5,8H2,1H3,(H,23,24). The molecule has 1 aliphatic heterocycles. The molecule has 1 aromatic carbocycles. The van der Waals surface area contributed by atoms with E-state index in [2.05, 4.69) is 0 Å². The third kappa shape index (κ3) is 2.72. The summed E-state index contributed by atoms with van der Waals surface area (Å²) in [6, 6.07) is 4.74. The van der Waals surface area contributed by atoms with Crippen molar-refractivity contribution < 1.29 is 27.9 Å². The van der Waals surface area contributed by atoms with Crippen molar-refractivity contribution in [2.75, 3.05) is 13.1 Å². The van der Waals surface area contributed by atoms with Crippen LogP contribution < -0.4 is 0 Å². The number of carboxylic acids is 1. The lowest BCUT2D eigenvalue weighted by Gasteiger charge is -2.16. The summed E-state index contributed by atoms with van der Waals surface area (Å²) >= 11 is 0. The first-order chi connectivity index (χ1) is 11.2. The van der Waals surface area contributed by atoms with Crippen LogP contribution in [0.3, 0.4) is 0 Å². The molecule has 1 fully saturated rings. The fourth-order valence-corrected chi connectivity index (χ4v) is 3.04. The van der Waals surface area contributed by atoms with Gasteiger partial charge < -0.3 is 14.6 Å². The van der Waals surface area contributed by atoms with E-state index in [-0.39, 0.29) is 18.1 Å². The van der Waals surface area contributed by atoms with Gasteiger partial charge in [-0.3, -0.25) is 9.59 Å². The fraction of sp³-hybridized carbons (Fsp3) is 0.375. The second-order valence-corrected chi connectivity index (χ2v) is 5.93. The molecule has 1 aromatic heterocycles. The molecule has 24 heavy (non-hydrogen) atoms. The summed E-state index contributed by atoms with van der Waals surface area (Å²) in [6.07, 6.45) is -4.07. The number of fused-ring (bicyclic) bond motifs is 1. The number of amides is 1. The number of nitrogens with zero attached hydrogens (tertiary/aromatic N) is 2. The van der Waals surface area contributed by atoms with Crippen LogP contribution in [-0.4, -0.2) is 39.5 Å². The Balaban J connectivity index is 1.94. The van der Waals surface area contributed by atoms with Crippen LogP contribution in [0.15, 0.2) is 24.3 Å². The SMILES string of the molecule is Cn1c(C(=O)N2CCC(C(=O)O)C2)cc2cc(C(F)(F)F)ccc21. The van der Waals surface area contributed by atoms with Gasteiger partial charge in [0.05, 0.1) is 11.5 Å². The number of carbonyl (C=O) groups excluding carboxylic acids is 1. The van der Waals surface area contributed by atoms with Crippen LogP contribution in [0.1, 0.15) is 22.5 Å². The number of benzene rings is 1. The van der Waals surface area contributed by atoms with Crippen LogP contribution in [0, 0.1) is 5.92 Å². The number of halogens is 3. The predicted octanol–water partition coefficient (Wildman–Crippen LogP) is 2.74. The Morgan fingerprint density at radius 3 is 2.54 bits per heavy atom. The molecule has 0 aliphatic carbocycles. The van der Waals surface area contributed by atoms with Gasteiger partial charge >= 0.3 is 12.1 Å². The molecule has 8 heteroatoms. The van der Waals surface area contributed by atoms with Gasteiger partial charge in [0.15, 0.2) is 0 Å². The lowest BCUT2D eigenvalue weighted by Crippen LogP contribution is -2.31. The van der Waals surface area contributed by atoms with E-state index >= 15 is 0 Å². The molecule has 5 nitrogen and oxygen atoms in total. The summed E-state index contributed by atoms with van der Waals surface area (Å²) in [6.45, 7) is 0.439. The summed E-state index contributed by atoms with van der Waals surface area (Å²) in [5.74, 6) is -1.91. The molecule has 0 bridgehead atoms. The van der Waals surface area contributed by atoms with Gasteiger partial charge in [-0.15, -0.1) is 0 Å². The lowest BCUT2D eigenvalue weighted by atomic mass is 10.1. The molecule has 0 saturated carbocycles. The van der Waals surface area contributed by atoms with Crippen LogP contribution in [-0.2, 0) is 18.0 Å². The molecule has 1 unspecified atom stereocenters. The van der Waals surface area contributed by atoms with Gasteiger partial charge in [0.1, 0.15) is 5.69 Å². The monoisotopic (exact) mass is 340 g/mol. The largest absolute Gasteiger partial charge is 0.481 e. The Bertz CT molecular complexity index is 826. The lowest BCUT2D eigenvalue weighted by molar-refractivity contribution is -0.141. The molecule has 1 N–H and O–H groups in total. The van der Waals surface area contributed by atoms with Crippen molar-refractivity contribution in [3.8, 4) is 0 Å². The second-order valence-electron chi connectivity index (χ2n) is 5.93. The van der Waals surface area contributed by atoms with E-state index in [4.69, 9.17) is 5.11 Å². The second kappa shape index (κ2) is 5.54. The van der Waals surface area contributed by atoms with E-state index in [0.717, 1.165) is 12.1 Å². The zero-order valence-electron chi connectivity index (χ0n) is 12.8. The van der Waals surface area contributed by atoms with Gasteiger partial charge in [-0.2, -0.15) is 13.2 Å². The number of likely N-dealkylation sites (tertiary alicyclic amines) is 1. The highest BCUT2D eigenvalue weighted by atomic mass is 19.4. The van der Waals surface area contributed by atoms with Gasteiger partial charge in [-0.25, -0.2) is 0 Å². The summed E-state index contributed by atoms with van der Waals surface area (Å²) in [5.41, 5.74) is -0.0117. The number of alkyl halides is 3. The van der Waals surface area contributed by atoms with Gasteiger partial charge in [-0.1, -0.05) is 0 Å². The van der Waals surface area contributed by atoms with Crippen molar-refractivity contribution in [1.29, 1.82) is 0 Å². The van der Waals surface area contributed by atoms with E-state index in [0.29, 0.717) is 23.9 Å². The minimum Gasteiger partial charge on any atom is -0.481 e. The Kier molecular flexibility index (Phi) is 3.77. The summed E-state index contributed by atoms with van der Waals surface area (Å²) < 4.78 is 40.0. The number of aliphatic carboxylic acids is 1. The third-order valence-electron chi connectivity index (χ3n) is 4.41. The van der Waals surface area contributed by atoms with Crippen LogP contribution >= 0.6 is 0 Å². The van der Waals surface area contributed by atoms with Crippen LogP contribution in [0.4, 0.5) is 13.2 Å². The highest BCUT2D eigenvalue weighted by Crippen LogP contribution is 2.32. The maximum atomic E-state index is 12.8. The Labute approximate surface area is 135 Å². The molecule has 1 aliphatic rings. The van der Waals surface area contributed by atoms with E-state index in [1.165, 1.54) is 21.6 Å². The van der Waals surface area contributed by atoms with E-state index in [9.17, 15) is 22.8 Å². The average Bonchev–Trinajstić information content (AvgIpc) is 3.11. The molecule has 0 spiro atoms.